The third kappa shape index (κ3) is 4.04. The summed E-state index contributed by atoms with van der Waals surface area (Å²) in [5, 5.41) is 23.8. The van der Waals surface area contributed by atoms with Gasteiger partial charge in [-0.1, -0.05) is 38.5 Å². The highest BCUT2D eigenvalue weighted by atomic mass is 16.3. The van der Waals surface area contributed by atoms with E-state index in [9.17, 15) is 14.7 Å². The van der Waals surface area contributed by atoms with Crippen LogP contribution in [0.4, 0.5) is 10.5 Å². The normalized spacial score (nSPS) is 19.8. The second-order valence-corrected chi connectivity index (χ2v) is 6.13. The Morgan fingerprint density at radius 2 is 2.17 bits per heavy atom. The molecule has 132 valence electrons. The summed E-state index contributed by atoms with van der Waals surface area (Å²) in [7, 11) is 0. The van der Waals surface area contributed by atoms with Crippen molar-refractivity contribution >= 4 is 17.6 Å². The number of urea groups is 1. The summed E-state index contributed by atoms with van der Waals surface area (Å²) in [5.41, 5.74) is 1.57. The summed E-state index contributed by atoms with van der Waals surface area (Å²) in [4.78, 5) is 26.8. The second kappa shape index (κ2) is 8.12. The molecule has 3 amide bonds. The van der Waals surface area contributed by atoms with Crippen LogP contribution in [0.5, 0.6) is 0 Å². The Labute approximate surface area is 141 Å². The maximum atomic E-state index is 12.7. The van der Waals surface area contributed by atoms with Crippen LogP contribution in [0, 0.1) is 5.92 Å². The van der Waals surface area contributed by atoms with Crippen molar-refractivity contribution in [3.8, 4) is 0 Å². The number of para-hydroxylation sites is 1. The van der Waals surface area contributed by atoms with Crippen molar-refractivity contribution in [2.75, 3.05) is 18.5 Å². The van der Waals surface area contributed by atoms with Gasteiger partial charge in [0.15, 0.2) is 0 Å². The predicted molar refractivity (Wildman–Crippen MR) is 90.3 cm³/mol. The number of amides is 3. The molecule has 0 bridgehead atoms. The second-order valence-electron chi connectivity index (χ2n) is 6.13. The van der Waals surface area contributed by atoms with E-state index in [1.807, 2.05) is 38.1 Å². The fraction of sp³-hybridized carbons (Fsp3) is 0.529. The summed E-state index contributed by atoms with van der Waals surface area (Å²) in [6, 6.07) is 6.36. The van der Waals surface area contributed by atoms with Crippen molar-refractivity contribution in [3.63, 3.8) is 0 Å². The minimum absolute atomic E-state index is 0.0205. The molecule has 24 heavy (non-hydrogen) atoms. The molecule has 1 aliphatic heterocycles. The van der Waals surface area contributed by atoms with Gasteiger partial charge in [-0.05, 0) is 17.5 Å². The number of aliphatic hydroxyl groups is 2. The van der Waals surface area contributed by atoms with E-state index in [-0.39, 0.29) is 18.4 Å². The number of nitrogens with zero attached hydrogens (tertiary/aromatic N) is 1. The van der Waals surface area contributed by atoms with E-state index in [1.165, 1.54) is 4.90 Å². The molecule has 0 unspecified atom stereocenters. The van der Waals surface area contributed by atoms with Crippen LogP contribution in [-0.2, 0) is 11.3 Å². The topological polar surface area (TPSA) is 102 Å². The smallest absolute Gasteiger partial charge is 0.318 e. The Morgan fingerprint density at radius 1 is 1.46 bits per heavy atom. The van der Waals surface area contributed by atoms with Crippen molar-refractivity contribution in [2.45, 2.75) is 39.0 Å². The van der Waals surface area contributed by atoms with Crippen molar-refractivity contribution < 1.29 is 19.8 Å². The minimum Gasteiger partial charge on any atom is -0.394 e. The Bertz CT molecular complexity index is 593. The van der Waals surface area contributed by atoms with Gasteiger partial charge in [0.1, 0.15) is 6.04 Å². The first-order valence-corrected chi connectivity index (χ1v) is 8.20. The van der Waals surface area contributed by atoms with Crippen LogP contribution in [0.3, 0.4) is 0 Å². The van der Waals surface area contributed by atoms with E-state index in [0.29, 0.717) is 12.2 Å². The maximum absolute atomic E-state index is 12.7. The third-order valence-electron chi connectivity index (χ3n) is 4.36. The Kier molecular flexibility index (Phi) is 6.16. The highest BCUT2D eigenvalue weighted by Gasteiger charge is 2.36. The van der Waals surface area contributed by atoms with Crippen molar-refractivity contribution in [2.24, 2.45) is 5.92 Å². The lowest BCUT2D eigenvalue weighted by molar-refractivity contribution is -0.121. The number of fused-ring (bicyclic) bond motifs is 1. The number of carbonyl (C=O) groups excluding carboxylic acids is 2. The molecule has 2 rings (SSSR count). The van der Waals surface area contributed by atoms with E-state index in [2.05, 4.69) is 10.6 Å². The standard InChI is InChI=1S/C17H25N3O4/c1-3-11(2)15-16(23)19-14-7-5-4-6-12(14)9-20(15)17(24)18-8-13(22)10-21/h4-7,11,13,15,21-22H,3,8-10H2,1-2H3,(H,18,24)(H,19,23)/t11-,13-,15-/m0/s1. The fourth-order valence-corrected chi connectivity index (χ4v) is 2.77. The van der Waals surface area contributed by atoms with Gasteiger partial charge in [-0.15, -0.1) is 0 Å². The van der Waals surface area contributed by atoms with Crippen LogP contribution in [0.1, 0.15) is 25.8 Å². The highest BCUT2D eigenvalue weighted by Crippen LogP contribution is 2.27. The molecule has 4 N–H and O–H groups in total. The van der Waals surface area contributed by atoms with Gasteiger partial charge in [-0.3, -0.25) is 4.79 Å². The summed E-state index contributed by atoms with van der Waals surface area (Å²) in [5.74, 6) is -0.236. The van der Waals surface area contributed by atoms with Crippen LogP contribution >= 0.6 is 0 Å². The third-order valence-corrected chi connectivity index (χ3v) is 4.36. The van der Waals surface area contributed by atoms with Crippen molar-refractivity contribution in [1.29, 1.82) is 0 Å². The Balaban J connectivity index is 2.28. The molecule has 0 spiro atoms. The van der Waals surface area contributed by atoms with Crippen LogP contribution in [0.15, 0.2) is 24.3 Å². The number of aliphatic hydroxyl groups excluding tert-OH is 2. The van der Waals surface area contributed by atoms with E-state index >= 15 is 0 Å². The lowest BCUT2D eigenvalue weighted by Gasteiger charge is -2.32. The van der Waals surface area contributed by atoms with Crippen molar-refractivity contribution in [3.05, 3.63) is 29.8 Å². The number of nitrogens with one attached hydrogen (secondary N) is 2. The van der Waals surface area contributed by atoms with Crippen LogP contribution in [0.2, 0.25) is 0 Å². The van der Waals surface area contributed by atoms with Gasteiger partial charge in [0, 0.05) is 12.2 Å². The molecule has 0 aromatic heterocycles. The van der Waals surface area contributed by atoms with Crippen LogP contribution in [0.25, 0.3) is 0 Å². The first-order chi connectivity index (χ1) is 11.5. The largest absolute Gasteiger partial charge is 0.394 e. The molecule has 3 atom stereocenters. The first-order valence-electron chi connectivity index (χ1n) is 8.20. The molecular weight excluding hydrogens is 310 g/mol. The van der Waals surface area contributed by atoms with Gasteiger partial charge in [0.25, 0.3) is 0 Å². The molecule has 7 nitrogen and oxygen atoms in total. The van der Waals surface area contributed by atoms with Crippen LogP contribution in [-0.4, -0.2) is 52.3 Å². The molecule has 1 aromatic rings. The number of anilines is 1. The average Bonchev–Trinajstić information content (AvgIpc) is 2.74. The monoisotopic (exact) mass is 335 g/mol. The summed E-state index contributed by atoms with van der Waals surface area (Å²) in [6.45, 7) is 3.70. The SMILES string of the molecule is CC[C@H](C)[C@H]1C(=O)Nc2ccccc2CN1C(=O)NC[C@H](O)CO. The van der Waals surface area contributed by atoms with Gasteiger partial charge in [-0.2, -0.15) is 0 Å². The molecule has 1 aromatic carbocycles. The molecular formula is C17H25N3O4. The molecule has 0 aliphatic carbocycles. The molecule has 1 aliphatic rings. The fourth-order valence-electron chi connectivity index (χ4n) is 2.77. The van der Waals surface area contributed by atoms with Gasteiger partial charge in [-0.25, -0.2) is 4.79 Å². The quantitative estimate of drug-likeness (QED) is 0.642. The summed E-state index contributed by atoms with van der Waals surface area (Å²) >= 11 is 0. The van der Waals surface area contributed by atoms with Gasteiger partial charge >= 0.3 is 6.03 Å². The van der Waals surface area contributed by atoms with Crippen molar-refractivity contribution in [1.82, 2.24) is 10.2 Å². The molecule has 0 radical (unpaired) electrons. The highest BCUT2D eigenvalue weighted by molar-refractivity contribution is 5.98. The summed E-state index contributed by atoms with van der Waals surface area (Å²) in [6.07, 6.45) is -0.276. The molecule has 0 saturated heterocycles. The molecule has 1 heterocycles. The zero-order valence-corrected chi connectivity index (χ0v) is 14.0. The van der Waals surface area contributed by atoms with E-state index < -0.39 is 24.8 Å². The Hall–Kier alpha value is -2.12. The first kappa shape index (κ1) is 18.2. The number of carbonyl (C=O) groups is 2. The molecule has 0 fully saturated rings. The molecule has 7 heteroatoms. The zero-order valence-electron chi connectivity index (χ0n) is 14.0. The predicted octanol–water partition coefficient (Wildman–Crippen LogP) is 0.918. The zero-order chi connectivity index (χ0) is 17.7. The number of hydrogen-bond donors (Lipinski definition) is 4. The Morgan fingerprint density at radius 3 is 2.83 bits per heavy atom. The van der Waals surface area contributed by atoms with Gasteiger partial charge < -0.3 is 25.7 Å². The van der Waals surface area contributed by atoms with Crippen LogP contribution < -0.4 is 10.6 Å². The lowest BCUT2D eigenvalue weighted by Crippen LogP contribution is -2.53. The van der Waals surface area contributed by atoms with Gasteiger partial charge in [0.05, 0.1) is 19.3 Å². The van der Waals surface area contributed by atoms with E-state index in [4.69, 9.17) is 5.11 Å². The average molecular weight is 335 g/mol. The maximum Gasteiger partial charge on any atom is 0.318 e. The number of hydrogen-bond acceptors (Lipinski definition) is 4. The lowest BCUT2D eigenvalue weighted by atomic mass is 9.97. The van der Waals surface area contributed by atoms with E-state index in [1.54, 1.807) is 0 Å². The van der Waals surface area contributed by atoms with E-state index in [0.717, 1.165) is 12.0 Å². The minimum atomic E-state index is -1.02. The molecule has 0 saturated carbocycles. The number of benzene rings is 1. The summed E-state index contributed by atoms with van der Waals surface area (Å²) < 4.78 is 0. The van der Waals surface area contributed by atoms with Gasteiger partial charge in [0.2, 0.25) is 5.91 Å². The number of rotatable bonds is 5.